The van der Waals surface area contributed by atoms with Gasteiger partial charge in [-0.05, 0) is 18.6 Å². The Bertz CT molecular complexity index is 466. The predicted molar refractivity (Wildman–Crippen MR) is 70.7 cm³/mol. The molecule has 0 aliphatic carbocycles. The quantitative estimate of drug-likeness (QED) is 0.847. The van der Waals surface area contributed by atoms with Gasteiger partial charge < -0.3 is 5.73 Å². The summed E-state index contributed by atoms with van der Waals surface area (Å²) in [5.74, 6) is 0.926. The van der Waals surface area contributed by atoms with Gasteiger partial charge in [0.25, 0.3) is 0 Å². The highest BCUT2D eigenvalue weighted by Crippen LogP contribution is 2.27. The van der Waals surface area contributed by atoms with Gasteiger partial charge in [-0.15, -0.1) is 23.1 Å². The predicted octanol–water partition coefficient (Wildman–Crippen LogP) is 3.20. The second-order valence-corrected chi connectivity index (χ2v) is 5.70. The van der Waals surface area contributed by atoms with Crippen LogP contribution in [0.15, 0.2) is 35.4 Å². The lowest BCUT2D eigenvalue weighted by Crippen LogP contribution is -1.91. The van der Waals surface area contributed by atoms with Crippen LogP contribution in [0, 0.1) is 6.92 Å². The van der Waals surface area contributed by atoms with Crippen LogP contribution < -0.4 is 5.73 Å². The van der Waals surface area contributed by atoms with Crippen molar-refractivity contribution in [1.82, 2.24) is 4.98 Å². The highest BCUT2D eigenvalue weighted by atomic mass is 32.2. The maximum atomic E-state index is 5.56. The van der Waals surface area contributed by atoms with Crippen LogP contribution in [0.4, 0.5) is 0 Å². The summed E-state index contributed by atoms with van der Waals surface area (Å²) in [4.78, 5) is 6.83. The molecule has 1 heterocycles. The average Bonchev–Trinajstić information content (AvgIpc) is 2.76. The maximum absolute atomic E-state index is 5.56. The van der Waals surface area contributed by atoms with Crippen molar-refractivity contribution in [1.29, 1.82) is 0 Å². The Morgan fingerprint density at radius 1 is 1.38 bits per heavy atom. The summed E-state index contributed by atoms with van der Waals surface area (Å²) in [5, 5.41) is 1.15. The van der Waals surface area contributed by atoms with Gasteiger partial charge in [0.05, 0.1) is 5.75 Å². The van der Waals surface area contributed by atoms with E-state index >= 15 is 0 Å². The molecule has 0 spiro atoms. The van der Waals surface area contributed by atoms with Crippen molar-refractivity contribution in [3.05, 3.63) is 45.9 Å². The van der Waals surface area contributed by atoms with Crippen LogP contribution in [0.1, 0.15) is 15.4 Å². The molecule has 0 amide bonds. The van der Waals surface area contributed by atoms with Gasteiger partial charge in [-0.1, -0.05) is 18.2 Å². The molecule has 2 N–H and O–H groups in total. The first-order valence-electron chi connectivity index (χ1n) is 5.11. The van der Waals surface area contributed by atoms with E-state index in [1.54, 1.807) is 11.3 Å². The number of aryl methyl sites for hydroxylation is 1. The van der Waals surface area contributed by atoms with Crippen LogP contribution in [0.2, 0.25) is 0 Å². The van der Waals surface area contributed by atoms with Gasteiger partial charge >= 0.3 is 0 Å². The normalized spacial score (nSPS) is 10.6. The molecule has 2 rings (SSSR count). The van der Waals surface area contributed by atoms with Crippen molar-refractivity contribution in [2.75, 3.05) is 0 Å². The van der Waals surface area contributed by atoms with Crippen LogP contribution in [0.25, 0.3) is 0 Å². The fraction of sp³-hybridized carbons (Fsp3) is 0.250. The lowest BCUT2D eigenvalue weighted by molar-refractivity contribution is 1.09. The Labute approximate surface area is 104 Å². The molecular formula is C12H14N2S2. The fourth-order valence-corrected chi connectivity index (χ4v) is 3.20. The molecule has 16 heavy (non-hydrogen) atoms. The van der Waals surface area contributed by atoms with Crippen LogP contribution in [0.5, 0.6) is 0 Å². The molecule has 0 bridgehead atoms. The molecule has 0 saturated heterocycles. The monoisotopic (exact) mass is 250 g/mol. The first-order chi connectivity index (χ1) is 7.79. The Balaban J connectivity index is 1.99. The third-order valence-corrected chi connectivity index (χ3v) is 4.64. The minimum absolute atomic E-state index is 0.590. The van der Waals surface area contributed by atoms with Gasteiger partial charge in [0.2, 0.25) is 0 Å². The van der Waals surface area contributed by atoms with Gasteiger partial charge in [-0.2, -0.15) is 0 Å². The molecule has 4 heteroatoms. The number of nitrogens with zero attached hydrogens (tertiary/aromatic N) is 1. The lowest BCUT2D eigenvalue weighted by atomic mass is 10.2. The van der Waals surface area contributed by atoms with E-state index in [1.165, 1.54) is 10.5 Å². The molecule has 1 aromatic heterocycles. The van der Waals surface area contributed by atoms with Crippen LogP contribution in [-0.2, 0) is 12.3 Å². The van der Waals surface area contributed by atoms with Gasteiger partial charge in [0.15, 0.2) is 0 Å². The number of hydrogen-bond donors (Lipinski definition) is 1. The van der Waals surface area contributed by atoms with Crippen molar-refractivity contribution in [2.45, 2.75) is 24.1 Å². The standard InChI is InChI=1S/C12H14N2S2/c1-9-4-2-3-5-11(9)15-8-12-14-7-10(6-13)16-12/h2-5,7H,6,8,13H2,1H3. The minimum atomic E-state index is 0.590. The van der Waals surface area contributed by atoms with E-state index in [0.717, 1.165) is 15.6 Å². The number of thioether (sulfide) groups is 1. The van der Waals surface area contributed by atoms with E-state index < -0.39 is 0 Å². The zero-order valence-electron chi connectivity index (χ0n) is 9.14. The molecule has 84 valence electrons. The highest BCUT2D eigenvalue weighted by Gasteiger charge is 2.03. The molecule has 2 aromatic rings. The van der Waals surface area contributed by atoms with E-state index in [2.05, 4.69) is 36.2 Å². The van der Waals surface area contributed by atoms with E-state index in [-0.39, 0.29) is 0 Å². The summed E-state index contributed by atoms with van der Waals surface area (Å²) in [6.45, 7) is 2.72. The number of hydrogen-bond acceptors (Lipinski definition) is 4. The highest BCUT2D eigenvalue weighted by molar-refractivity contribution is 7.98. The van der Waals surface area contributed by atoms with Gasteiger partial charge in [-0.3, -0.25) is 0 Å². The zero-order valence-corrected chi connectivity index (χ0v) is 10.8. The summed E-state index contributed by atoms with van der Waals surface area (Å²) >= 11 is 3.53. The van der Waals surface area contributed by atoms with Crippen LogP contribution in [-0.4, -0.2) is 4.98 Å². The first-order valence-corrected chi connectivity index (χ1v) is 6.92. The lowest BCUT2D eigenvalue weighted by Gasteiger charge is -2.02. The molecule has 0 fully saturated rings. The van der Waals surface area contributed by atoms with Crippen LogP contribution >= 0.6 is 23.1 Å². The summed E-state index contributed by atoms with van der Waals surface area (Å²) in [5.41, 5.74) is 6.88. The van der Waals surface area contributed by atoms with Gasteiger partial charge in [0, 0.05) is 22.5 Å². The largest absolute Gasteiger partial charge is 0.326 e. The number of rotatable bonds is 4. The molecule has 0 aliphatic rings. The Morgan fingerprint density at radius 2 is 2.19 bits per heavy atom. The molecular weight excluding hydrogens is 236 g/mol. The second kappa shape index (κ2) is 5.48. The van der Waals surface area contributed by atoms with Gasteiger partial charge in [0.1, 0.15) is 5.01 Å². The number of thiazole rings is 1. The summed E-state index contributed by atoms with van der Waals surface area (Å²) < 4.78 is 0. The van der Waals surface area contributed by atoms with Crippen LogP contribution in [0.3, 0.4) is 0 Å². The van der Waals surface area contributed by atoms with E-state index in [4.69, 9.17) is 5.73 Å². The number of benzene rings is 1. The Hall–Kier alpha value is -0.840. The number of nitrogens with two attached hydrogens (primary N) is 1. The topological polar surface area (TPSA) is 38.9 Å². The van der Waals surface area contributed by atoms with E-state index in [1.807, 2.05) is 18.0 Å². The van der Waals surface area contributed by atoms with Crippen molar-refractivity contribution in [3.8, 4) is 0 Å². The second-order valence-electron chi connectivity index (χ2n) is 3.48. The van der Waals surface area contributed by atoms with Gasteiger partial charge in [-0.25, -0.2) is 4.98 Å². The maximum Gasteiger partial charge on any atom is 0.103 e. The molecule has 2 nitrogen and oxygen atoms in total. The molecule has 0 radical (unpaired) electrons. The minimum Gasteiger partial charge on any atom is -0.326 e. The summed E-state index contributed by atoms with van der Waals surface area (Å²) in [7, 11) is 0. The smallest absolute Gasteiger partial charge is 0.103 e. The fourth-order valence-electron chi connectivity index (χ4n) is 1.37. The molecule has 0 saturated carbocycles. The summed E-state index contributed by atoms with van der Waals surface area (Å²) in [6.07, 6.45) is 1.87. The first kappa shape index (κ1) is 11.6. The Morgan fingerprint density at radius 3 is 2.88 bits per heavy atom. The third kappa shape index (κ3) is 2.84. The average molecular weight is 250 g/mol. The van der Waals surface area contributed by atoms with Crippen molar-refractivity contribution >= 4 is 23.1 Å². The van der Waals surface area contributed by atoms with E-state index in [9.17, 15) is 0 Å². The third-order valence-electron chi connectivity index (χ3n) is 2.25. The van der Waals surface area contributed by atoms with Crippen molar-refractivity contribution in [3.63, 3.8) is 0 Å². The molecule has 0 atom stereocenters. The summed E-state index contributed by atoms with van der Waals surface area (Å²) in [6, 6.07) is 8.42. The molecule has 0 aliphatic heterocycles. The zero-order chi connectivity index (χ0) is 11.4. The van der Waals surface area contributed by atoms with Crippen molar-refractivity contribution in [2.24, 2.45) is 5.73 Å². The Kier molecular flexibility index (Phi) is 3.98. The molecule has 0 unspecified atom stereocenters. The van der Waals surface area contributed by atoms with Crippen molar-refractivity contribution < 1.29 is 0 Å². The van der Waals surface area contributed by atoms with E-state index in [0.29, 0.717) is 6.54 Å². The SMILES string of the molecule is Cc1ccccc1SCc1ncc(CN)s1. The number of aromatic nitrogens is 1. The molecule has 1 aromatic carbocycles.